The average Bonchev–Trinajstić information content (AvgIpc) is 2.35. The summed E-state index contributed by atoms with van der Waals surface area (Å²) in [6, 6.07) is 3.89. The number of hydrogen-bond acceptors (Lipinski definition) is 5. The van der Waals surface area contributed by atoms with Gasteiger partial charge in [-0.05, 0) is 30.2 Å². The Bertz CT molecular complexity index is 544. The van der Waals surface area contributed by atoms with E-state index in [-0.39, 0.29) is 5.28 Å². The molecule has 94 valence electrons. The molecule has 18 heavy (non-hydrogen) atoms. The normalized spacial score (nSPS) is 10.4. The third kappa shape index (κ3) is 2.68. The summed E-state index contributed by atoms with van der Waals surface area (Å²) in [6.45, 7) is 2.47. The molecule has 0 aliphatic rings. The van der Waals surface area contributed by atoms with Gasteiger partial charge in [-0.1, -0.05) is 6.07 Å². The van der Waals surface area contributed by atoms with E-state index in [0.29, 0.717) is 23.7 Å². The number of hydrogen-bond donors (Lipinski definition) is 1. The highest BCUT2D eigenvalue weighted by atomic mass is 35.5. The number of nitrogen functional groups attached to an aromatic ring is 1. The van der Waals surface area contributed by atoms with E-state index in [1.807, 2.05) is 37.2 Å². The van der Waals surface area contributed by atoms with Crippen molar-refractivity contribution in [1.82, 2.24) is 15.0 Å². The molecule has 2 N–H and O–H groups in total. The van der Waals surface area contributed by atoms with Gasteiger partial charge in [0.1, 0.15) is 0 Å². The predicted octanol–water partition coefficient (Wildman–Crippen LogP) is 2.05. The summed E-state index contributed by atoms with van der Waals surface area (Å²) in [5.74, 6) is 0.636. The fraction of sp³-hybridized carbons (Fsp3) is 0.250. The zero-order chi connectivity index (χ0) is 13.1. The second-order valence-electron chi connectivity index (χ2n) is 4.03. The van der Waals surface area contributed by atoms with Gasteiger partial charge < -0.3 is 10.6 Å². The van der Waals surface area contributed by atoms with Crippen molar-refractivity contribution < 1.29 is 0 Å². The van der Waals surface area contributed by atoms with Crippen molar-refractivity contribution in [2.24, 2.45) is 0 Å². The molecule has 0 radical (unpaired) electrons. The molecule has 0 aromatic carbocycles. The number of rotatable bonds is 3. The van der Waals surface area contributed by atoms with Crippen molar-refractivity contribution in [2.75, 3.05) is 17.7 Å². The van der Waals surface area contributed by atoms with Gasteiger partial charge in [0.2, 0.25) is 5.28 Å². The first kappa shape index (κ1) is 12.6. The fourth-order valence-corrected chi connectivity index (χ4v) is 1.87. The molecular weight excluding hydrogens is 250 g/mol. The number of aryl methyl sites for hydroxylation is 1. The van der Waals surface area contributed by atoms with Crippen LogP contribution in [0.25, 0.3) is 0 Å². The zero-order valence-corrected chi connectivity index (χ0v) is 11.0. The minimum absolute atomic E-state index is 0.203. The lowest BCUT2D eigenvalue weighted by molar-refractivity contribution is 0.884. The summed E-state index contributed by atoms with van der Waals surface area (Å²) in [5, 5.41) is 0.203. The highest BCUT2D eigenvalue weighted by Crippen LogP contribution is 2.24. The zero-order valence-electron chi connectivity index (χ0n) is 10.3. The average molecular weight is 264 g/mol. The van der Waals surface area contributed by atoms with E-state index in [1.54, 1.807) is 6.20 Å². The smallest absolute Gasteiger partial charge is 0.224 e. The third-order valence-electron chi connectivity index (χ3n) is 2.59. The summed E-state index contributed by atoms with van der Waals surface area (Å²) >= 11 is 5.85. The maximum absolute atomic E-state index is 5.97. The van der Waals surface area contributed by atoms with Crippen molar-refractivity contribution in [3.63, 3.8) is 0 Å². The van der Waals surface area contributed by atoms with E-state index >= 15 is 0 Å². The van der Waals surface area contributed by atoms with E-state index < -0.39 is 0 Å². The first-order chi connectivity index (χ1) is 8.58. The molecule has 0 amide bonds. The van der Waals surface area contributed by atoms with Crippen LogP contribution in [0.2, 0.25) is 5.28 Å². The van der Waals surface area contributed by atoms with Gasteiger partial charge in [-0.3, -0.25) is 4.98 Å². The molecule has 2 aromatic rings. The maximum Gasteiger partial charge on any atom is 0.224 e. The fourth-order valence-electron chi connectivity index (χ4n) is 1.66. The lowest BCUT2D eigenvalue weighted by Gasteiger charge is -2.20. The Morgan fingerprint density at radius 1 is 1.39 bits per heavy atom. The van der Waals surface area contributed by atoms with Gasteiger partial charge in [-0.25, -0.2) is 4.98 Å². The Balaban J connectivity index is 2.26. The molecule has 0 saturated carbocycles. The van der Waals surface area contributed by atoms with Gasteiger partial charge in [0.15, 0.2) is 5.82 Å². The van der Waals surface area contributed by atoms with Crippen molar-refractivity contribution in [2.45, 2.75) is 13.5 Å². The monoisotopic (exact) mass is 263 g/mol. The number of anilines is 2. The Kier molecular flexibility index (Phi) is 3.62. The molecule has 0 unspecified atom stereocenters. The molecule has 6 heteroatoms. The van der Waals surface area contributed by atoms with E-state index in [9.17, 15) is 0 Å². The van der Waals surface area contributed by atoms with Crippen LogP contribution in [0.3, 0.4) is 0 Å². The largest absolute Gasteiger partial charge is 0.394 e. The molecule has 0 bridgehead atoms. The standard InChI is InChI=1S/C12H14ClN5/c1-8-10(14)11(17-12(13)16-8)18(2)7-9-4-3-5-15-6-9/h3-6H,7,14H2,1-2H3. The Labute approximate surface area is 111 Å². The van der Waals surface area contributed by atoms with Gasteiger partial charge in [-0.15, -0.1) is 0 Å². The maximum atomic E-state index is 5.97. The summed E-state index contributed by atoms with van der Waals surface area (Å²) in [5.41, 5.74) is 8.27. The molecule has 0 aliphatic heterocycles. The van der Waals surface area contributed by atoms with Crippen LogP contribution in [0.5, 0.6) is 0 Å². The lowest BCUT2D eigenvalue weighted by atomic mass is 10.2. The molecule has 0 spiro atoms. The van der Waals surface area contributed by atoms with Gasteiger partial charge in [0.05, 0.1) is 11.4 Å². The van der Waals surface area contributed by atoms with E-state index in [2.05, 4.69) is 15.0 Å². The lowest BCUT2D eigenvalue weighted by Crippen LogP contribution is -2.20. The first-order valence-corrected chi connectivity index (χ1v) is 5.85. The Hall–Kier alpha value is -1.88. The van der Waals surface area contributed by atoms with Crippen molar-refractivity contribution >= 4 is 23.1 Å². The quantitative estimate of drug-likeness (QED) is 0.859. The Morgan fingerprint density at radius 3 is 2.83 bits per heavy atom. The van der Waals surface area contributed by atoms with Crippen molar-refractivity contribution in [3.8, 4) is 0 Å². The molecule has 2 aromatic heterocycles. The molecule has 5 nitrogen and oxygen atoms in total. The first-order valence-electron chi connectivity index (χ1n) is 5.47. The summed E-state index contributed by atoms with van der Waals surface area (Å²) < 4.78 is 0. The second-order valence-corrected chi connectivity index (χ2v) is 4.37. The van der Waals surface area contributed by atoms with Crippen molar-refractivity contribution in [1.29, 1.82) is 0 Å². The van der Waals surface area contributed by atoms with Crippen LogP contribution in [0.4, 0.5) is 11.5 Å². The van der Waals surface area contributed by atoms with Crippen LogP contribution >= 0.6 is 11.6 Å². The van der Waals surface area contributed by atoms with Crippen LogP contribution < -0.4 is 10.6 Å². The minimum Gasteiger partial charge on any atom is -0.394 e. The van der Waals surface area contributed by atoms with Gasteiger partial charge in [0.25, 0.3) is 0 Å². The van der Waals surface area contributed by atoms with E-state index in [0.717, 1.165) is 5.56 Å². The van der Waals surface area contributed by atoms with Gasteiger partial charge in [0, 0.05) is 26.0 Å². The van der Waals surface area contributed by atoms with Crippen LogP contribution in [0.1, 0.15) is 11.3 Å². The number of pyridine rings is 1. The number of nitrogens with two attached hydrogens (primary N) is 1. The minimum atomic E-state index is 0.203. The van der Waals surface area contributed by atoms with Crippen LogP contribution in [-0.2, 0) is 6.54 Å². The van der Waals surface area contributed by atoms with Gasteiger partial charge >= 0.3 is 0 Å². The molecule has 0 atom stereocenters. The summed E-state index contributed by atoms with van der Waals surface area (Å²) in [4.78, 5) is 14.2. The molecular formula is C12H14ClN5. The second kappa shape index (κ2) is 5.18. The van der Waals surface area contributed by atoms with E-state index in [4.69, 9.17) is 17.3 Å². The highest BCUT2D eigenvalue weighted by molar-refractivity contribution is 6.28. The summed E-state index contributed by atoms with van der Waals surface area (Å²) in [6.07, 6.45) is 3.55. The summed E-state index contributed by atoms with van der Waals surface area (Å²) in [7, 11) is 1.90. The highest BCUT2D eigenvalue weighted by Gasteiger charge is 2.12. The number of aromatic nitrogens is 3. The van der Waals surface area contributed by atoms with E-state index in [1.165, 1.54) is 0 Å². The Morgan fingerprint density at radius 2 is 2.17 bits per heavy atom. The van der Waals surface area contributed by atoms with Gasteiger partial charge in [-0.2, -0.15) is 4.98 Å². The SMILES string of the molecule is Cc1nc(Cl)nc(N(C)Cc2cccnc2)c1N. The molecule has 0 fully saturated rings. The predicted molar refractivity (Wildman–Crippen MR) is 72.5 cm³/mol. The topological polar surface area (TPSA) is 67.9 Å². The van der Waals surface area contributed by atoms with Crippen molar-refractivity contribution in [3.05, 3.63) is 41.1 Å². The van der Waals surface area contributed by atoms with Crippen LogP contribution in [-0.4, -0.2) is 22.0 Å². The number of halogens is 1. The third-order valence-corrected chi connectivity index (χ3v) is 2.76. The molecule has 2 heterocycles. The molecule has 2 rings (SSSR count). The van der Waals surface area contributed by atoms with Crippen LogP contribution in [0.15, 0.2) is 24.5 Å². The number of nitrogens with zero attached hydrogens (tertiary/aromatic N) is 4. The molecule has 0 saturated heterocycles. The van der Waals surface area contributed by atoms with Crippen LogP contribution in [0, 0.1) is 6.92 Å². The molecule has 0 aliphatic carbocycles.